The molecule has 0 saturated heterocycles. The molecule has 6 nitrogen and oxygen atoms in total. The third-order valence-electron chi connectivity index (χ3n) is 2.01. The van der Waals surface area contributed by atoms with Crippen LogP contribution in [0.3, 0.4) is 0 Å². The van der Waals surface area contributed by atoms with Gasteiger partial charge in [0, 0.05) is 12.5 Å². The van der Waals surface area contributed by atoms with Gasteiger partial charge in [-0.05, 0) is 6.07 Å². The molecule has 1 aromatic rings. The first kappa shape index (κ1) is 13.4. The van der Waals surface area contributed by atoms with E-state index in [0.717, 1.165) is 0 Å². The van der Waals surface area contributed by atoms with Crippen molar-refractivity contribution in [3.05, 3.63) is 38.9 Å². The van der Waals surface area contributed by atoms with Crippen molar-refractivity contribution in [1.29, 1.82) is 0 Å². The fourth-order valence-corrected chi connectivity index (χ4v) is 1.35. The number of nitro benzene ring substituents is 1. The average molecular weight is 259 g/mol. The van der Waals surface area contributed by atoms with E-state index in [2.05, 4.69) is 5.48 Å². The highest BCUT2D eigenvalue weighted by Gasteiger charge is 2.16. The van der Waals surface area contributed by atoms with Gasteiger partial charge < -0.3 is 0 Å². The Hall–Kier alpha value is -1.66. The summed E-state index contributed by atoms with van der Waals surface area (Å²) in [5.41, 5.74) is 2.25. The number of amides is 1. The predicted molar refractivity (Wildman–Crippen MR) is 61.3 cm³/mol. The lowest BCUT2D eigenvalue weighted by Gasteiger charge is -2.06. The van der Waals surface area contributed by atoms with Crippen LogP contribution in [0.15, 0.2) is 18.2 Å². The zero-order valence-electron chi connectivity index (χ0n) is 9.10. The quantitative estimate of drug-likeness (QED) is 0.648. The number of carbonyl (C=O) groups is 1. The molecule has 0 radical (unpaired) electrons. The number of nitrogens with one attached hydrogen (secondary N) is 1. The molecule has 1 N–H and O–H groups in total. The van der Waals surface area contributed by atoms with Gasteiger partial charge in [0.25, 0.3) is 5.69 Å². The van der Waals surface area contributed by atoms with Crippen molar-refractivity contribution < 1.29 is 14.6 Å². The zero-order chi connectivity index (χ0) is 12.8. The summed E-state index contributed by atoms with van der Waals surface area (Å²) in [6, 6.07) is 4.33. The topological polar surface area (TPSA) is 81.5 Å². The molecule has 0 fully saturated rings. The molecule has 0 aliphatic carbocycles. The molecule has 0 saturated carbocycles. The van der Waals surface area contributed by atoms with Gasteiger partial charge in [-0.25, -0.2) is 5.48 Å². The highest BCUT2D eigenvalue weighted by molar-refractivity contribution is 6.31. The lowest BCUT2D eigenvalue weighted by molar-refractivity contribution is -0.386. The summed E-state index contributed by atoms with van der Waals surface area (Å²) in [4.78, 5) is 25.9. The summed E-state index contributed by atoms with van der Waals surface area (Å²) in [7, 11) is 0. The Morgan fingerprint density at radius 1 is 1.59 bits per heavy atom. The highest BCUT2D eigenvalue weighted by Crippen LogP contribution is 2.26. The number of nitrogens with zero attached hydrogens (tertiary/aromatic N) is 1. The lowest BCUT2D eigenvalue weighted by Crippen LogP contribution is -2.22. The molecule has 92 valence electrons. The van der Waals surface area contributed by atoms with E-state index < -0.39 is 4.92 Å². The summed E-state index contributed by atoms with van der Waals surface area (Å²) >= 11 is 5.83. The number of hydrogen-bond acceptors (Lipinski definition) is 4. The molecule has 0 bridgehead atoms. The van der Waals surface area contributed by atoms with Crippen LogP contribution in [-0.4, -0.2) is 10.8 Å². The van der Waals surface area contributed by atoms with Gasteiger partial charge in [-0.15, -0.1) is 0 Å². The van der Waals surface area contributed by atoms with Crippen molar-refractivity contribution in [3.63, 3.8) is 0 Å². The van der Waals surface area contributed by atoms with Crippen molar-refractivity contribution >= 4 is 23.2 Å². The van der Waals surface area contributed by atoms with Crippen LogP contribution in [-0.2, 0) is 16.2 Å². The van der Waals surface area contributed by atoms with E-state index in [1.807, 2.05) is 0 Å². The second-order valence-electron chi connectivity index (χ2n) is 3.16. The molecule has 0 atom stereocenters. The van der Waals surface area contributed by atoms with Gasteiger partial charge in [-0.2, -0.15) is 0 Å². The molecule has 1 rings (SSSR count). The predicted octanol–water partition coefficient (Wildman–Crippen LogP) is 2.21. The second-order valence-corrected chi connectivity index (χ2v) is 3.57. The molecule has 17 heavy (non-hydrogen) atoms. The highest BCUT2D eigenvalue weighted by atomic mass is 35.5. The third-order valence-corrected chi connectivity index (χ3v) is 2.37. The van der Waals surface area contributed by atoms with Crippen LogP contribution in [0.5, 0.6) is 0 Å². The van der Waals surface area contributed by atoms with Crippen molar-refractivity contribution in [2.45, 2.75) is 20.0 Å². The summed E-state index contributed by atoms with van der Waals surface area (Å²) in [6.07, 6.45) is 0.268. The first-order valence-corrected chi connectivity index (χ1v) is 5.26. The Morgan fingerprint density at radius 3 is 2.88 bits per heavy atom. The normalized spacial score (nSPS) is 10.0. The van der Waals surface area contributed by atoms with E-state index >= 15 is 0 Å². The summed E-state index contributed by atoms with van der Waals surface area (Å²) < 4.78 is 0. The van der Waals surface area contributed by atoms with Gasteiger partial charge in [0.05, 0.1) is 15.5 Å². The maximum absolute atomic E-state index is 10.9. The third kappa shape index (κ3) is 3.69. The van der Waals surface area contributed by atoms with E-state index in [4.69, 9.17) is 16.4 Å². The minimum absolute atomic E-state index is 0.136. The number of hydroxylamine groups is 1. The molecule has 0 aliphatic rings. The minimum Gasteiger partial charge on any atom is -0.273 e. The maximum Gasteiger partial charge on any atom is 0.276 e. The SMILES string of the molecule is CCC(=O)NOCc1c(Cl)cccc1[N+](=O)[O-]. The van der Waals surface area contributed by atoms with Crippen LogP contribution in [0, 0.1) is 10.1 Å². The number of nitro groups is 1. The largest absolute Gasteiger partial charge is 0.276 e. The van der Waals surface area contributed by atoms with Crippen LogP contribution in [0.4, 0.5) is 5.69 Å². The van der Waals surface area contributed by atoms with Crippen molar-refractivity contribution in [2.24, 2.45) is 0 Å². The maximum atomic E-state index is 10.9. The van der Waals surface area contributed by atoms with Gasteiger partial charge in [0.15, 0.2) is 0 Å². The van der Waals surface area contributed by atoms with Crippen molar-refractivity contribution in [3.8, 4) is 0 Å². The number of rotatable bonds is 5. The van der Waals surface area contributed by atoms with Gasteiger partial charge in [-0.3, -0.25) is 19.7 Å². The van der Waals surface area contributed by atoms with Crippen LogP contribution in [0.25, 0.3) is 0 Å². The minimum atomic E-state index is -0.549. The van der Waals surface area contributed by atoms with E-state index in [0.29, 0.717) is 0 Å². The molecule has 0 aromatic heterocycles. The first-order valence-electron chi connectivity index (χ1n) is 4.88. The number of hydrogen-bond donors (Lipinski definition) is 1. The van der Waals surface area contributed by atoms with E-state index in [1.54, 1.807) is 6.92 Å². The van der Waals surface area contributed by atoms with E-state index in [-0.39, 0.29) is 35.2 Å². The van der Waals surface area contributed by atoms with Gasteiger partial charge in [-0.1, -0.05) is 24.6 Å². The standard InChI is InChI=1S/C10H11ClN2O4/c1-2-10(14)12-17-6-7-8(11)4-3-5-9(7)13(15)16/h3-5H,2,6H2,1H3,(H,12,14). The van der Waals surface area contributed by atoms with Gasteiger partial charge in [0.1, 0.15) is 6.61 Å². The fourth-order valence-electron chi connectivity index (χ4n) is 1.12. The Balaban J connectivity index is 2.76. The number of halogens is 1. The molecule has 1 amide bonds. The van der Waals surface area contributed by atoms with Crippen molar-refractivity contribution in [1.82, 2.24) is 5.48 Å². The Labute approximate surface area is 103 Å². The molecule has 0 spiro atoms. The summed E-state index contributed by atoms with van der Waals surface area (Å²) in [6.45, 7) is 1.51. The van der Waals surface area contributed by atoms with Crippen LogP contribution in [0.1, 0.15) is 18.9 Å². The van der Waals surface area contributed by atoms with E-state index in [9.17, 15) is 14.9 Å². The summed E-state index contributed by atoms with van der Waals surface area (Å²) in [5.74, 6) is -0.306. The molecule has 1 aromatic carbocycles. The summed E-state index contributed by atoms with van der Waals surface area (Å²) in [5, 5.41) is 11.0. The Bertz CT molecular complexity index is 436. The molecule has 0 heterocycles. The van der Waals surface area contributed by atoms with Gasteiger partial charge >= 0.3 is 0 Å². The van der Waals surface area contributed by atoms with Crippen LogP contribution < -0.4 is 5.48 Å². The molecule has 0 unspecified atom stereocenters. The second kappa shape index (κ2) is 6.17. The van der Waals surface area contributed by atoms with Crippen LogP contribution in [0.2, 0.25) is 5.02 Å². The molecular weight excluding hydrogens is 248 g/mol. The average Bonchev–Trinajstić information content (AvgIpc) is 2.30. The number of benzene rings is 1. The molecule has 7 heteroatoms. The fraction of sp³-hybridized carbons (Fsp3) is 0.300. The molecular formula is C10H11ClN2O4. The van der Waals surface area contributed by atoms with Gasteiger partial charge in [0.2, 0.25) is 5.91 Å². The zero-order valence-corrected chi connectivity index (χ0v) is 9.86. The van der Waals surface area contributed by atoms with Crippen LogP contribution >= 0.6 is 11.6 Å². The molecule has 0 aliphatic heterocycles. The number of carbonyl (C=O) groups excluding carboxylic acids is 1. The van der Waals surface area contributed by atoms with E-state index in [1.165, 1.54) is 18.2 Å². The monoisotopic (exact) mass is 258 g/mol. The smallest absolute Gasteiger partial charge is 0.273 e. The Kier molecular flexibility index (Phi) is 4.86. The lowest BCUT2D eigenvalue weighted by atomic mass is 10.2. The Morgan fingerprint density at radius 2 is 2.29 bits per heavy atom. The van der Waals surface area contributed by atoms with Crippen molar-refractivity contribution in [2.75, 3.05) is 0 Å². The first-order chi connectivity index (χ1) is 8.06.